The topological polar surface area (TPSA) is 114 Å². The lowest BCUT2D eigenvalue weighted by Gasteiger charge is -2.10. The van der Waals surface area contributed by atoms with Crippen LogP contribution in [-0.4, -0.2) is 40.9 Å². The van der Waals surface area contributed by atoms with Crippen LogP contribution in [0.2, 0.25) is 5.02 Å². The van der Waals surface area contributed by atoms with Crippen molar-refractivity contribution in [3.63, 3.8) is 0 Å². The monoisotopic (exact) mass is 424 g/mol. The number of hydrogen-bond acceptors (Lipinski definition) is 5. The van der Waals surface area contributed by atoms with Gasteiger partial charge in [-0.15, -0.1) is 0 Å². The van der Waals surface area contributed by atoms with E-state index < -0.39 is 21.7 Å². The summed E-state index contributed by atoms with van der Waals surface area (Å²) in [6.45, 7) is 0.0234. The molecule has 0 bridgehead atoms. The zero-order valence-corrected chi connectivity index (χ0v) is 15.8. The maximum absolute atomic E-state index is 13.7. The molecule has 0 aliphatic rings. The molecule has 2 heterocycles. The second-order valence-electron chi connectivity index (χ2n) is 5.66. The van der Waals surface area contributed by atoms with Crippen molar-refractivity contribution >= 4 is 27.5 Å². The Morgan fingerprint density at radius 2 is 2.07 bits per heavy atom. The number of amides is 1. The van der Waals surface area contributed by atoms with Gasteiger partial charge in [-0.2, -0.15) is 5.10 Å². The quantitative estimate of drug-likeness (QED) is 0.628. The molecule has 3 rings (SSSR count). The van der Waals surface area contributed by atoms with Crippen molar-refractivity contribution < 1.29 is 22.7 Å². The summed E-state index contributed by atoms with van der Waals surface area (Å²) in [7, 11) is -4.05. The van der Waals surface area contributed by atoms with E-state index in [0.717, 1.165) is 16.8 Å². The molecule has 0 saturated carbocycles. The number of carbonyl (C=O) groups is 1. The SMILES string of the molecule is O=C(O)NCCc1cc(S(=O)(=O)c2cccnc2)n(-c2cc(F)ccc2Cl)n1. The molecule has 1 amide bonds. The van der Waals surface area contributed by atoms with E-state index in [0.29, 0.717) is 0 Å². The Morgan fingerprint density at radius 1 is 1.29 bits per heavy atom. The molecule has 0 aliphatic heterocycles. The Hall–Kier alpha value is -2.98. The summed E-state index contributed by atoms with van der Waals surface area (Å²) in [5, 5.41) is 14.9. The molecule has 146 valence electrons. The smallest absolute Gasteiger partial charge is 0.404 e. The van der Waals surface area contributed by atoms with E-state index in [2.05, 4.69) is 15.4 Å². The van der Waals surface area contributed by atoms with Crippen LogP contribution in [0.4, 0.5) is 9.18 Å². The highest BCUT2D eigenvalue weighted by atomic mass is 35.5. The summed E-state index contributed by atoms with van der Waals surface area (Å²) in [6.07, 6.45) is 1.53. The van der Waals surface area contributed by atoms with Crippen LogP contribution < -0.4 is 5.32 Å². The third-order valence-electron chi connectivity index (χ3n) is 3.74. The summed E-state index contributed by atoms with van der Waals surface area (Å²) in [6, 6.07) is 7.64. The number of halogens is 2. The van der Waals surface area contributed by atoms with Crippen LogP contribution in [0.25, 0.3) is 5.69 Å². The van der Waals surface area contributed by atoms with Crippen LogP contribution >= 0.6 is 11.6 Å². The summed E-state index contributed by atoms with van der Waals surface area (Å²) < 4.78 is 40.9. The number of hydrogen-bond donors (Lipinski definition) is 2. The van der Waals surface area contributed by atoms with Crippen LogP contribution in [0.3, 0.4) is 0 Å². The molecule has 11 heteroatoms. The Kier molecular flexibility index (Phi) is 5.61. The molecule has 0 spiro atoms. The number of benzene rings is 1. The van der Waals surface area contributed by atoms with Gasteiger partial charge in [0.15, 0.2) is 5.03 Å². The first-order valence-electron chi connectivity index (χ1n) is 7.95. The van der Waals surface area contributed by atoms with Gasteiger partial charge in [-0.3, -0.25) is 4.98 Å². The molecule has 0 fully saturated rings. The molecule has 2 N–H and O–H groups in total. The third kappa shape index (κ3) is 4.12. The average molecular weight is 425 g/mol. The maximum atomic E-state index is 13.7. The Morgan fingerprint density at radius 3 is 2.75 bits per heavy atom. The zero-order chi connectivity index (χ0) is 20.3. The fraction of sp³-hybridized carbons (Fsp3) is 0.118. The minimum atomic E-state index is -4.05. The Bertz CT molecular complexity index is 1120. The first-order chi connectivity index (χ1) is 13.3. The van der Waals surface area contributed by atoms with Crippen LogP contribution in [-0.2, 0) is 16.3 Å². The number of pyridine rings is 1. The predicted molar refractivity (Wildman–Crippen MR) is 98.0 cm³/mol. The Balaban J connectivity index is 2.13. The van der Waals surface area contributed by atoms with E-state index in [9.17, 15) is 17.6 Å². The van der Waals surface area contributed by atoms with Crippen LogP contribution in [0.5, 0.6) is 0 Å². The van der Waals surface area contributed by atoms with Gasteiger partial charge in [0.1, 0.15) is 5.82 Å². The standard InChI is InChI=1S/C17H14ClFN4O4S/c18-14-4-3-11(19)8-15(14)23-16(9-12(22-23)5-7-21-17(24)25)28(26,27)13-2-1-6-20-10-13/h1-4,6,8-10,21H,5,7H2,(H,24,25). The molecule has 0 saturated heterocycles. The second-order valence-corrected chi connectivity index (χ2v) is 7.96. The molecular weight excluding hydrogens is 411 g/mol. The second kappa shape index (κ2) is 7.95. The molecule has 28 heavy (non-hydrogen) atoms. The largest absolute Gasteiger partial charge is 0.465 e. The Labute approximate surface area is 164 Å². The lowest BCUT2D eigenvalue weighted by atomic mass is 10.3. The van der Waals surface area contributed by atoms with Gasteiger partial charge < -0.3 is 10.4 Å². The van der Waals surface area contributed by atoms with Crippen molar-refractivity contribution in [2.45, 2.75) is 16.3 Å². The summed E-state index contributed by atoms with van der Waals surface area (Å²) in [5.41, 5.74) is 0.332. The number of sulfone groups is 1. The van der Waals surface area contributed by atoms with Crippen LogP contribution in [0, 0.1) is 5.82 Å². The van der Waals surface area contributed by atoms with E-state index in [4.69, 9.17) is 16.7 Å². The number of nitrogens with one attached hydrogen (secondary N) is 1. The van der Waals surface area contributed by atoms with Crippen molar-refractivity contribution in [1.29, 1.82) is 0 Å². The molecule has 0 unspecified atom stereocenters. The lowest BCUT2D eigenvalue weighted by molar-refractivity contribution is 0.194. The molecule has 0 aliphatic carbocycles. The number of carboxylic acid groups (broad SMARTS) is 1. The third-order valence-corrected chi connectivity index (χ3v) is 5.76. The number of nitrogens with zero attached hydrogens (tertiary/aromatic N) is 3. The summed E-state index contributed by atoms with van der Waals surface area (Å²) in [4.78, 5) is 14.4. The van der Waals surface area contributed by atoms with Crippen molar-refractivity contribution in [2.24, 2.45) is 0 Å². The van der Waals surface area contributed by atoms with E-state index in [1.54, 1.807) is 0 Å². The first kappa shape index (κ1) is 19.8. The highest BCUT2D eigenvalue weighted by Crippen LogP contribution is 2.28. The van der Waals surface area contributed by atoms with E-state index in [1.807, 2.05) is 0 Å². The minimum absolute atomic E-state index is 0.0234. The van der Waals surface area contributed by atoms with E-state index >= 15 is 0 Å². The van der Waals surface area contributed by atoms with Gasteiger partial charge in [-0.25, -0.2) is 22.3 Å². The minimum Gasteiger partial charge on any atom is -0.465 e. The van der Waals surface area contributed by atoms with Gasteiger partial charge in [-0.1, -0.05) is 11.6 Å². The van der Waals surface area contributed by atoms with E-state index in [1.165, 1.54) is 36.7 Å². The lowest BCUT2D eigenvalue weighted by Crippen LogP contribution is -2.23. The van der Waals surface area contributed by atoms with E-state index in [-0.39, 0.29) is 39.3 Å². The fourth-order valence-corrected chi connectivity index (χ4v) is 4.02. The number of aromatic nitrogens is 3. The zero-order valence-electron chi connectivity index (χ0n) is 14.2. The summed E-state index contributed by atoms with van der Waals surface area (Å²) in [5.74, 6) is -0.617. The van der Waals surface area contributed by atoms with Crippen molar-refractivity contribution in [2.75, 3.05) is 6.54 Å². The summed E-state index contributed by atoms with van der Waals surface area (Å²) >= 11 is 6.13. The highest BCUT2D eigenvalue weighted by molar-refractivity contribution is 7.91. The molecule has 0 atom stereocenters. The van der Waals surface area contributed by atoms with Crippen LogP contribution in [0.15, 0.2) is 58.7 Å². The van der Waals surface area contributed by atoms with Crippen LogP contribution in [0.1, 0.15) is 5.69 Å². The molecule has 8 nitrogen and oxygen atoms in total. The molecule has 1 aromatic carbocycles. The van der Waals surface area contributed by atoms with Gasteiger partial charge in [0, 0.05) is 31.4 Å². The normalized spacial score (nSPS) is 11.4. The van der Waals surface area contributed by atoms with Crippen molar-refractivity contribution in [3.05, 3.63) is 65.3 Å². The van der Waals surface area contributed by atoms with Gasteiger partial charge in [0.05, 0.1) is 21.3 Å². The first-order valence-corrected chi connectivity index (χ1v) is 9.81. The molecular formula is C17H14ClFN4O4S. The fourth-order valence-electron chi connectivity index (χ4n) is 2.47. The number of rotatable bonds is 6. The van der Waals surface area contributed by atoms with Crippen molar-refractivity contribution in [1.82, 2.24) is 20.1 Å². The molecule has 3 aromatic rings. The predicted octanol–water partition coefficient (Wildman–Crippen LogP) is 2.70. The molecule has 0 radical (unpaired) electrons. The van der Waals surface area contributed by atoms with Crippen molar-refractivity contribution in [3.8, 4) is 5.69 Å². The average Bonchev–Trinajstić information content (AvgIpc) is 3.09. The van der Waals surface area contributed by atoms with Gasteiger partial charge in [0.2, 0.25) is 9.84 Å². The highest BCUT2D eigenvalue weighted by Gasteiger charge is 2.26. The molecule has 2 aromatic heterocycles. The van der Waals surface area contributed by atoms with Gasteiger partial charge in [-0.05, 0) is 30.3 Å². The van der Waals surface area contributed by atoms with Gasteiger partial charge >= 0.3 is 6.09 Å². The van der Waals surface area contributed by atoms with Gasteiger partial charge in [0.25, 0.3) is 0 Å². The maximum Gasteiger partial charge on any atom is 0.404 e.